The Balaban J connectivity index is 1.68. The molecule has 1 atom stereocenters. The van der Waals surface area contributed by atoms with Crippen LogP contribution in [0.15, 0.2) is 88.9 Å². The van der Waals surface area contributed by atoms with Gasteiger partial charge in [-0.15, -0.1) is 0 Å². The Morgan fingerprint density at radius 2 is 1.67 bits per heavy atom. The number of aryl methyl sites for hydroxylation is 1. The van der Waals surface area contributed by atoms with Crippen molar-refractivity contribution in [1.29, 1.82) is 0 Å². The highest BCUT2D eigenvalue weighted by Gasteiger charge is 2.23. The first-order valence-electron chi connectivity index (χ1n) is 10.6. The number of hydrazone groups is 1. The van der Waals surface area contributed by atoms with E-state index < -0.39 is 22.0 Å². The Morgan fingerprint density at radius 1 is 1.00 bits per heavy atom. The molecule has 0 radical (unpaired) electrons. The summed E-state index contributed by atoms with van der Waals surface area (Å²) in [5, 5.41) is 3.99. The van der Waals surface area contributed by atoms with Gasteiger partial charge in [-0.1, -0.05) is 48.0 Å². The van der Waals surface area contributed by atoms with Crippen LogP contribution in [0, 0.1) is 6.92 Å². The third-order valence-electron chi connectivity index (χ3n) is 4.81. The van der Waals surface area contributed by atoms with Crippen LogP contribution in [0.4, 0.5) is 0 Å². The molecule has 0 aromatic heterocycles. The van der Waals surface area contributed by atoms with Gasteiger partial charge in [0.15, 0.2) is 0 Å². The molecule has 0 unspecified atom stereocenters. The molecule has 0 aliphatic rings. The molecule has 0 spiro atoms. The molecule has 0 saturated heterocycles. The zero-order chi connectivity index (χ0) is 23.7. The molecule has 8 heteroatoms. The third-order valence-corrected chi connectivity index (χ3v) is 6.30. The van der Waals surface area contributed by atoms with Crippen molar-refractivity contribution in [2.24, 2.45) is 5.10 Å². The van der Waals surface area contributed by atoms with E-state index in [1.165, 1.54) is 6.21 Å². The van der Waals surface area contributed by atoms with E-state index in [-0.39, 0.29) is 11.3 Å². The van der Waals surface area contributed by atoms with Crippen molar-refractivity contribution in [2.45, 2.75) is 31.2 Å². The van der Waals surface area contributed by atoms with Crippen LogP contribution in [0.3, 0.4) is 0 Å². The molecule has 2 N–H and O–H groups in total. The van der Waals surface area contributed by atoms with Gasteiger partial charge >= 0.3 is 0 Å². The molecule has 172 valence electrons. The van der Waals surface area contributed by atoms with E-state index in [4.69, 9.17) is 4.74 Å². The standard InChI is InChI=1S/C25H27N3O4S/c1-3-32-22-13-11-20(12-14-22)18-26-27-25(29)17-24(21-7-5-4-6-8-21)28-33(30,31)23-15-9-19(2)10-16-23/h4-16,18,24,28H,3,17H2,1-2H3,(H,27,29)/b26-18-/t24-/m1/s1. The fourth-order valence-electron chi connectivity index (χ4n) is 3.11. The van der Waals surface area contributed by atoms with Gasteiger partial charge in [-0.05, 0) is 61.4 Å². The van der Waals surface area contributed by atoms with E-state index in [2.05, 4.69) is 15.2 Å². The zero-order valence-electron chi connectivity index (χ0n) is 18.6. The minimum absolute atomic E-state index is 0.115. The average molecular weight is 466 g/mol. The minimum atomic E-state index is -3.82. The summed E-state index contributed by atoms with van der Waals surface area (Å²) in [5.41, 5.74) is 4.90. The molecule has 3 aromatic carbocycles. The second-order valence-electron chi connectivity index (χ2n) is 7.40. The van der Waals surface area contributed by atoms with Gasteiger partial charge in [-0.2, -0.15) is 5.10 Å². The normalized spacial score (nSPS) is 12.4. The summed E-state index contributed by atoms with van der Waals surface area (Å²) in [5.74, 6) is 0.336. The van der Waals surface area contributed by atoms with Crippen molar-refractivity contribution in [1.82, 2.24) is 10.1 Å². The molecular formula is C25H27N3O4S. The summed E-state index contributed by atoms with van der Waals surface area (Å²) >= 11 is 0. The first-order chi connectivity index (χ1) is 15.9. The lowest BCUT2D eigenvalue weighted by Crippen LogP contribution is -2.32. The summed E-state index contributed by atoms with van der Waals surface area (Å²) in [4.78, 5) is 12.7. The quantitative estimate of drug-likeness (QED) is 0.350. The summed E-state index contributed by atoms with van der Waals surface area (Å²) in [6, 6.07) is 22.0. The van der Waals surface area contributed by atoms with Crippen LogP contribution in [0.1, 0.15) is 36.1 Å². The van der Waals surface area contributed by atoms with Crippen molar-refractivity contribution in [3.8, 4) is 5.75 Å². The number of nitrogens with zero attached hydrogens (tertiary/aromatic N) is 1. The Morgan fingerprint density at radius 3 is 2.30 bits per heavy atom. The molecule has 33 heavy (non-hydrogen) atoms. The van der Waals surface area contributed by atoms with Crippen molar-refractivity contribution in [2.75, 3.05) is 6.61 Å². The van der Waals surface area contributed by atoms with E-state index >= 15 is 0 Å². The van der Waals surface area contributed by atoms with Crippen LogP contribution in [-0.4, -0.2) is 27.1 Å². The molecule has 0 saturated carbocycles. The van der Waals surface area contributed by atoms with Gasteiger partial charge < -0.3 is 4.74 Å². The fourth-order valence-corrected chi connectivity index (χ4v) is 4.34. The fraction of sp³-hybridized carbons (Fsp3) is 0.200. The second-order valence-corrected chi connectivity index (χ2v) is 9.11. The van der Waals surface area contributed by atoms with Gasteiger partial charge in [0.25, 0.3) is 0 Å². The largest absolute Gasteiger partial charge is 0.494 e. The first kappa shape index (κ1) is 24.2. The van der Waals surface area contributed by atoms with E-state index in [0.29, 0.717) is 12.2 Å². The summed E-state index contributed by atoms with van der Waals surface area (Å²) < 4.78 is 33.8. The highest BCUT2D eigenvalue weighted by molar-refractivity contribution is 7.89. The lowest BCUT2D eigenvalue weighted by molar-refractivity contribution is -0.121. The molecule has 0 bridgehead atoms. The number of sulfonamides is 1. The predicted octanol–water partition coefficient (Wildman–Crippen LogP) is 3.95. The predicted molar refractivity (Wildman–Crippen MR) is 129 cm³/mol. The van der Waals surface area contributed by atoms with E-state index in [1.807, 2.05) is 44.2 Å². The average Bonchev–Trinajstić information content (AvgIpc) is 2.81. The maximum Gasteiger partial charge on any atom is 0.242 e. The molecule has 1 amide bonds. The molecular weight excluding hydrogens is 438 g/mol. The SMILES string of the molecule is CCOc1ccc(/C=N\NC(=O)C[C@@H](NS(=O)(=O)c2ccc(C)cc2)c2ccccc2)cc1. The number of hydrogen-bond donors (Lipinski definition) is 2. The lowest BCUT2D eigenvalue weighted by Gasteiger charge is -2.18. The van der Waals surface area contributed by atoms with E-state index in [1.54, 1.807) is 48.5 Å². The number of nitrogens with one attached hydrogen (secondary N) is 2. The van der Waals surface area contributed by atoms with Crippen molar-refractivity contribution in [3.05, 3.63) is 95.6 Å². The molecule has 3 rings (SSSR count). The smallest absolute Gasteiger partial charge is 0.242 e. The molecule has 0 aliphatic heterocycles. The number of ether oxygens (including phenoxy) is 1. The Kier molecular flexibility index (Phi) is 8.34. The number of benzene rings is 3. The maximum atomic E-state index is 12.9. The number of hydrogen-bond acceptors (Lipinski definition) is 5. The summed E-state index contributed by atoms with van der Waals surface area (Å²) in [6.45, 7) is 4.38. The van der Waals surface area contributed by atoms with E-state index in [0.717, 1.165) is 16.9 Å². The van der Waals surface area contributed by atoms with Gasteiger partial charge in [0.1, 0.15) is 5.75 Å². The highest BCUT2D eigenvalue weighted by atomic mass is 32.2. The van der Waals surface area contributed by atoms with Crippen molar-refractivity contribution in [3.63, 3.8) is 0 Å². The lowest BCUT2D eigenvalue weighted by atomic mass is 10.0. The van der Waals surface area contributed by atoms with Crippen molar-refractivity contribution < 1.29 is 17.9 Å². The van der Waals surface area contributed by atoms with Gasteiger partial charge in [-0.3, -0.25) is 4.79 Å². The van der Waals surface area contributed by atoms with Crippen LogP contribution in [-0.2, 0) is 14.8 Å². The molecule has 0 aliphatic carbocycles. The summed E-state index contributed by atoms with van der Waals surface area (Å²) in [6.07, 6.45) is 1.40. The Labute approximate surface area is 194 Å². The van der Waals surface area contributed by atoms with E-state index in [9.17, 15) is 13.2 Å². The number of carbonyl (C=O) groups is 1. The van der Waals surface area contributed by atoms with Gasteiger partial charge in [0.2, 0.25) is 15.9 Å². The molecule has 0 fully saturated rings. The van der Waals surface area contributed by atoms with Crippen LogP contribution in [0.5, 0.6) is 5.75 Å². The Bertz CT molecular complexity index is 1180. The second kappa shape index (κ2) is 11.4. The van der Waals surface area contributed by atoms with Crippen LogP contribution in [0.25, 0.3) is 0 Å². The van der Waals surface area contributed by atoms with Crippen LogP contribution >= 0.6 is 0 Å². The molecule has 3 aromatic rings. The van der Waals surface area contributed by atoms with Crippen molar-refractivity contribution >= 4 is 22.1 Å². The van der Waals surface area contributed by atoms with Gasteiger partial charge in [0.05, 0.1) is 23.8 Å². The van der Waals surface area contributed by atoms with Gasteiger partial charge in [-0.25, -0.2) is 18.6 Å². The van der Waals surface area contributed by atoms with Crippen LogP contribution in [0.2, 0.25) is 0 Å². The molecule has 7 nitrogen and oxygen atoms in total. The minimum Gasteiger partial charge on any atom is -0.494 e. The maximum absolute atomic E-state index is 12.9. The number of amides is 1. The third kappa shape index (κ3) is 7.27. The number of carbonyl (C=O) groups excluding carboxylic acids is 1. The Hall–Kier alpha value is -3.49. The zero-order valence-corrected chi connectivity index (χ0v) is 19.4. The monoisotopic (exact) mass is 465 g/mol. The summed E-state index contributed by atoms with van der Waals surface area (Å²) in [7, 11) is -3.82. The number of rotatable bonds is 10. The first-order valence-corrected chi connectivity index (χ1v) is 12.0. The van der Waals surface area contributed by atoms with Gasteiger partial charge in [0, 0.05) is 6.42 Å². The topological polar surface area (TPSA) is 96.9 Å². The van der Waals surface area contributed by atoms with Crippen LogP contribution < -0.4 is 14.9 Å². The molecule has 0 heterocycles. The highest BCUT2D eigenvalue weighted by Crippen LogP contribution is 2.21.